The highest BCUT2D eigenvalue weighted by molar-refractivity contribution is 6.36. The molecule has 1 N–H and O–H groups in total. The number of benzene rings is 1. The topological polar surface area (TPSA) is 12.0 Å². The Hall–Kier alpha value is -0.240. The van der Waals surface area contributed by atoms with E-state index in [0.717, 1.165) is 29.6 Å². The minimum atomic E-state index is 0.168. The van der Waals surface area contributed by atoms with Crippen LogP contribution in [0.1, 0.15) is 44.6 Å². The number of nitrogens with one attached hydrogen (secondary N) is 1. The van der Waals surface area contributed by atoms with Crippen molar-refractivity contribution in [3.05, 3.63) is 33.8 Å². The van der Waals surface area contributed by atoms with E-state index >= 15 is 0 Å². The van der Waals surface area contributed by atoms with E-state index in [-0.39, 0.29) is 5.41 Å². The SMILES string of the molecule is CCCNCC1(c2c(Cl)cccc2Cl)CC2(CC2)C1. The van der Waals surface area contributed by atoms with E-state index in [0.29, 0.717) is 5.41 Å². The van der Waals surface area contributed by atoms with Crippen molar-refractivity contribution in [2.45, 2.75) is 44.4 Å². The lowest BCUT2D eigenvalue weighted by Crippen LogP contribution is -2.50. The summed E-state index contributed by atoms with van der Waals surface area (Å²) in [5, 5.41) is 5.25. The third-order valence-corrected chi connectivity index (χ3v) is 5.40. The van der Waals surface area contributed by atoms with Crippen LogP contribution in [-0.4, -0.2) is 13.1 Å². The van der Waals surface area contributed by atoms with Crippen molar-refractivity contribution < 1.29 is 0 Å². The standard InChI is InChI=1S/C16H21Cl2N/c1-2-8-19-11-16(9-15(10-16)6-7-15)14-12(17)4-3-5-13(14)18/h3-5,19H,2,6-11H2,1H3. The predicted molar refractivity (Wildman–Crippen MR) is 82.2 cm³/mol. The lowest BCUT2D eigenvalue weighted by molar-refractivity contribution is 0.116. The van der Waals surface area contributed by atoms with Crippen molar-refractivity contribution in [1.82, 2.24) is 5.32 Å². The summed E-state index contributed by atoms with van der Waals surface area (Å²) < 4.78 is 0. The maximum atomic E-state index is 6.44. The van der Waals surface area contributed by atoms with Crippen LogP contribution in [0.2, 0.25) is 10.0 Å². The molecule has 2 aliphatic carbocycles. The first kappa shape index (κ1) is 13.7. The van der Waals surface area contributed by atoms with Crippen LogP contribution in [0.5, 0.6) is 0 Å². The molecule has 1 aromatic rings. The van der Waals surface area contributed by atoms with Crippen LogP contribution in [-0.2, 0) is 5.41 Å². The number of halogens is 2. The highest BCUT2D eigenvalue weighted by Crippen LogP contribution is 2.69. The van der Waals surface area contributed by atoms with Crippen LogP contribution in [0.4, 0.5) is 0 Å². The average Bonchev–Trinajstić information content (AvgIpc) is 3.08. The van der Waals surface area contributed by atoms with Gasteiger partial charge in [0, 0.05) is 22.0 Å². The van der Waals surface area contributed by atoms with E-state index < -0.39 is 0 Å². The van der Waals surface area contributed by atoms with Gasteiger partial charge in [-0.1, -0.05) is 36.2 Å². The summed E-state index contributed by atoms with van der Waals surface area (Å²) in [7, 11) is 0. The summed E-state index contributed by atoms with van der Waals surface area (Å²) in [6.07, 6.45) is 6.45. The van der Waals surface area contributed by atoms with Crippen molar-refractivity contribution in [3.63, 3.8) is 0 Å². The van der Waals surface area contributed by atoms with E-state index in [4.69, 9.17) is 23.2 Å². The molecule has 3 heteroatoms. The monoisotopic (exact) mass is 297 g/mol. The second-order valence-corrected chi connectivity index (χ2v) is 7.22. The summed E-state index contributed by atoms with van der Waals surface area (Å²) in [4.78, 5) is 0. The number of hydrogen-bond acceptors (Lipinski definition) is 1. The first-order valence-electron chi connectivity index (χ1n) is 7.26. The quantitative estimate of drug-likeness (QED) is 0.770. The number of rotatable bonds is 5. The van der Waals surface area contributed by atoms with E-state index in [1.165, 1.54) is 31.2 Å². The third kappa shape index (κ3) is 2.41. The van der Waals surface area contributed by atoms with Crippen LogP contribution < -0.4 is 5.32 Å². The average molecular weight is 298 g/mol. The Bertz CT molecular complexity index is 451. The van der Waals surface area contributed by atoms with Crippen molar-refractivity contribution in [1.29, 1.82) is 0 Å². The van der Waals surface area contributed by atoms with Gasteiger partial charge in [-0.2, -0.15) is 0 Å². The normalized spacial score (nSPS) is 22.3. The molecule has 3 rings (SSSR count). The Morgan fingerprint density at radius 2 is 1.79 bits per heavy atom. The van der Waals surface area contributed by atoms with Gasteiger partial charge in [0.2, 0.25) is 0 Å². The molecular weight excluding hydrogens is 277 g/mol. The van der Waals surface area contributed by atoms with Gasteiger partial charge >= 0.3 is 0 Å². The van der Waals surface area contributed by atoms with E-state index in [2.05, 4.69) is 12.2 Å². The molecule has 0 aromatic heterocycles. The molecule has 0 bridgehead atoms. The molecule has 1 spiro atoms. The maximum Gasteiger partial charge on any atom is 0.0459 e. The van der Waals surface area contributed by atoms with Crippen LogP contribution in [0.3, 0.4) is 0 Å². The fraction of sp³-hybridized carbons (Fsp3) is 0.625. The lowest BCUT2D eigenvalue weighted by atomic mass is 9.56. The minimum Gasteiger partial charge on any atom is -0.316 e. The van der Waals surface area contributed by atoms with Crippen LogP contribution in [0.15, 0.2) is 18.2 Å². The first-order chi connectivity index (χ1) is 9.11. The minimum absolute atomic E-state index is 0.168. The van der Waals surface area contributed by atoms with Crippen molar-refractivity contribution in [2.75, 3.05) is 13.1 Å². The van der Waals surface area contributed by atoms with Gasteiger partial charge in [0.05, 0.1) is 0 Å². The zero-order valence-corrected chi connectivity index (χ0v) is 12.9. The molecule has 2 saturated carbocycles. The molecule has 1 aromatic carbocycles. The smallest absolute Gasteiger partial charge is 0.0459 e. The summed E-state index contributed by atoms with van der Waals surface area (Å²) in [6.45, 7) is 4.27. The molecule has 19 heavy (non-hydrogen) atoms. The Labute approximate surface area is 125 Å². The molecule has 0 radical (unpaired) electrons. The fourth-order valence-electron chi connectivity index (χ4n) is 3.81. The van der Waals surface area contributed by atoms with Gasteiger partial charge in [0.15, 0.2) is 0 Å². The Morgan fingerprint density at radius 3 is 2.32 bits per heavy atom. The fourth-order valence-corrected chi connectivity index (χ4v) is 4.61. The zero-order chi connectivity index (χ0) is 13.5. The van der Waals surface area contributed by atoms with Crippen molar-refractivity contribution in [2.24, 2.45) is 5.41 Å². The summed E-state index contributed by atoms with van der Waals surface area (Å²) in [5.74, 6) is 0. The molecule has 104 valence electrons. The van der Waals surface area contributed by atoms with Gasteiger partial charge in [0.25, 0.3) is 0 Å². The van der Waals surface area contributed by atoms with E-state index in [1.807, 2.05) is 18.2 Å². The Morgan fingerprint density at radius 1 is 1.16 bits per heavy atom. The second kappa shape index (κ2) is 4.95. The largest absolute Gasteiger partial charge is 0.316 e. The molecule has 0 heterocycles. The molecule has 0 aliphatic heterocycles. The molecule has 0 atom stereocenters. The van der Waals surface area contributed by atoms with Crippen molar-refractivity contribution in [3.8, 4) is 0 Å². The molecule has 1 nitrogen and oxygen atoms in total. The third-order valence-electron chi connectivity index (χ3n) is 4.77. The van der Waals surface area contributed by atoms with Gasteiger partial charge in [0.1, 0.15) is 0 Å². The highest BCUT2D eigenvalue weighted by atomic mass is 35.5. The first-order valence-corrected chi connectivity index (χ1v) is 8.02. The summed E-state index contributed by atoms with van der Waals surface area (Å²) >= 11 is 12.9. The van der Waals surface area contributed by atoms with Crippen LogP contribution >= 0.6 is 23.2 Å². The molecular formula is C16H21Cl2N. The van der Waals surface area contributed by atoms with E-state index in [9.17, 15) is 0 Å². The van der Waals surface area contributed by atoms with Gasteiger partial charge in [-0.3, -0.25) is 0 Å². The van der Waals surface area contributed by atoms with Crippen LogP contribution in [0, 0.1) is 5.41 Å². The molecule has 0 amide bonds. The predicted octanol–water partition coefficient (Wildman–Crippen LogP) is 4.80. The highest BCUT2D eigenvalue weighted by Gasteiger charge is 2.61. The molecule has 0 unspecified atom stereocenters. The van der Waals surface area contributed by atoms with Crippen LogP contribution in [0.25, 0.3) is 0 Å². The molecule has 0 saturated heterocycles. The Kier molecular flexibility index (Phi) is 3.57. The van der Waals surface area contributed by atoms with Gasteiger partial charge in [-0.25, -0.2) is 0 Å². The van der Waals surface area contributed by atoms with Gasteiger partial charge in [-0.15, -0.1) is 0 Å². The lowest BCUT2D eigenvalue weighted by Gasteiger charge is -2.50. The molecule has 2 fully saturated rings. The van der Waals surface area contributed by atoms with Gasteiger partial charge in [-0.05, 0) is 61.8 Å². The van der Waals surface area contributed by atoms with Gasteiger partial charge < -0.3 is 5.32 Å². The number of hydrogen-bond donors (Lipinski definition) is 1. The van der Waals surface area contributed by atoms with Crippen molar-refractivity contribution >= 4 is 23.2 Å². The summed E-state index contributed by atoms with van der Waals surface area (Å²) in [6, 6.07) is 5.89. The van der Waals surface area contributed by atoms with E-state index in [1.54, 1.807) is 0 Å². The second-order valence-electron chi connectivity index (χ2n) is 6.41. The Balaban J connectivity index is 1.87. The summed E-state index contributed by atoms with van der Waals surface area (Å²) in [5.41, 5.74) is 1.98. The molecule has 2 aliphatic rings. The maximum absolute atomic E-state index is 6.44. The zero-order valence-electron chi connectivity index (χ0n) is 11.4.